The van der Waals surface area contributed by atoms with Crippen molar-refractivity contribution in [2.24, 2.45) is 0 Å². The van der Waals surface area contributed by atoms with Crippen molar-refractivity contribution in [2.75, 3.05) is 0 Å². The average molecular weight is 245 g/mol. The van der Waals surface area contributed by atoms with Crippen molar-refractivity contribution in [1.29, 1.82) is 0 Å². The Morgan fingerprint density at radius 1 is 1.06 bits per heavy atom. The Hall–Kier alpha value is -1.91. The fourth-order valence-electron chi connectivity index (χ4n) is 1.68. The van der Waals surface area contributed by atoms with Gasteiger partial charge in [0.05, 0.1) is 0 Å². The highest BCUT2D eigenvalue weighted by Crippen LogP contribution is 2.20. The first-order chi connectivity index (χ1) is 8.72. The lowest BCUT2D eigenvalue weighted by Gasteiger charge is -2.05. The fraction of sp³-hybridized carbons (Fsp3) is 0.462. The highest BCUT2D eigenvalue weighted by Gasteiger charge is 2.26. The maximum absolute atomic E-state index is 11.8. The maximum Gasteiger partial charge on any atom is 0.270 e. The summed E-state index contributed by atoms with van der Waals surface area (Å²) in [4.78, 5) is 27.6. The van der Waals surface area contributed by atoms with Gasteiger partial charge < -0.3 is 10.6 Å². The number of aromatic nitrogens is 1. The van der Waals surface area contributed by atoms with Crippen LogP contribution >= 0.6 is 0 Å². The van der Waals surface area contributed by atoms with Gasteiger partial charge in [0, 0.05) is 23.8 Å². The van der Waals surface area contributed by atoms with Gasteiger partial charge in [0.15, 0.2) is 0 Å². The molecule has 0 aromatic carbocycles. The van der Waals surface area contributed by atoms with E-state index in [0.717, 1.165) is 25.7 Å². The monoisotopic (exact) mass is 245 g/mol. The highest BCUT2D eigenvalue weighted by molar-refractivity contribution is 5.98. The van der Waals surface area contributed by atoms with Crippen LogP contribution in [0.4, 0.5) is 0 Å². The summed E-state index contributed by atoms with van der Waals surface area (Å²) in [6.45, 7) is 0. The van der Waals surface area contributed by atoms with E-state index in [1.165, 1.54) is 6.20 Å². The van der Waals surface area contributed by atoms with Gasteiger partial charge in [0.1, 0.15) is 5.69 Å². The summed E-state index contributed by atoms with van der Waals surface area (Å²) in [6.07, 6.45) is 5.67. The molecule has 1 aromatic rings. The van der Waals surface area contributed by atoms with E-state index in [4.69, 9.17) is 0 Å². The summed E-state index contributed by atoms with van der Waals surface area (Å²) in [5, 5.41) is 5.75. The number of nitrogens with one attached hydrogen (secondary N) is 2. The second kappa shape index (κ2) is 4.40. The van der Waals surface area contributed by atoms with Crippen LogP contribution in [0.3, 0.4) is 0 Å². The molecule has 0 radical (unpaired) electrons. The van der Waals surface area contributed by atoms with Crippen molar-refractivity contribution < 1.29 is 9.59 Å². The van der Waals surface area contributed by atoms with E-state index in [0.29, 0.717) is 23.3 Å². The third-order valence-corrected chi connectivity index (χ3v) is 3.08. The normalized spacial score (nSPS) is 18.2. The van der Waals surface area contributed by atoms with Gasteiger partial charge in [0.25, 0.3) is 11.8 Å². The molecule has 2 N–H and O–H groups in total. The Morgan fingerprint density at radius 3 is 2.28 bits per heavy atom. The lowest BCUT2D eigenvalue weighted by Crippen LogP contribution is -2.28. The molecule has 2 aliphatic rings. The van der Waals surface area contributed by atoms with Crippen LogP contribution in [0.1, 0.15) is 46.5 Å². The van der Waals surface area contributed by atoms with Gasteiger partial charge in [0.2, 0.25) is 0 Å². The van der Waals surface area contributed by atoms with Crippen LogP contribution in [0.5, 0.6) is 0 Å². The first-order valence-corrected chi connectivity index (χ1v) is 6.30. The van der Waals surface area contributed by atoms with Crippen molar-refractivity contribution in [3.63, 3.8) is 0 Å². The predicted molar refractivity (Wildman–Crippen MR) is 65.2 cm³/mol. The predicted octanol–water partition coefficient (Wildman–Crippen LogP) is 0.866. The Bertz CT molecular complexity index is 452. The zero-order valence-electron chi connectivity index (χ0n) is 9.98. The largest absolute Gasteiger partial charge is 0.349 e. The van der Waals surface area contributed by atoms with Crippen LogP contribution in [0, 0.1) is 0 Å². The quantitative estimate of drug-likeness (QED) is 0.826. The van der Waals surface area contributed by atoms with Gasteiger partial charge in [-0.15, -0.1) is 0 Å². The third kappa shape index (κ3) is 2.67. The Kier molecular flexibility index (Phi) is 2.74. The zero-order valence-corrected chi connectivity index (χ0v) is 9.98. The van der Waals surface area contributed by atoms with Gasteiger partial charge in [-0.05, 0) is 37.8 Å². The summed E-state index contributed by atoms with van der Waals surface area (Å²) in [5.74, 6) is -0.320. The summed E-state index contributed by atoms with van der Waals surface area (Å²) in [6, 6.07) is 3.79. The van der Waals surface area contributed by atoms with E-state index in [1.54, 1.807) is 12.1 Å². The summed E-state index contributed by atoms with van der Waals surface area (Å²) < 4.78 is 0. The molecule has 0 bridgehead atoms. The van der Waals surface area contributed by atoms with Gasteiger partial charge in [-0.3, -0.25) is 14.6 Å². The van der Waals surface area contributed by atoms with Crippen molar-refractivity contribution in [2.45, 2.75) is 37.8 Å². The van der Waals surface area contributed by atoms with E-state index in [1.807, 2.05) is 0 Å². The Morgan fingerprint density at radius 2 is 1.67 bits per heavy atom. The number of carbonyl (C=O) groups excluding carboxylic acids is 2. The smallest absolute Gasteiger partial charge is 0.270 e. The van der Waals surface area contributed by atoms with E-state index in [-0.39, 0.29) is 11.8 Å². The number of carbonyl (C=O) groups is 2. The van der Waals surface area contributed by atoms with Crippen LogP contribution in [0.25, 0.3) is 0 Å². The molecule has 2 amide bonds. The fourth-order valence-corrected chi connectivity index (χ4v) is 1.68. The van der Waals surface area contributed by atoms with Crippen LogP contribution in [0.15, 0.2) is 18.3 Å². The van der Waals surface area contributed by atoms with Crippen LogP contribution in [-0.2, 0) is 0 Å². The minimum Gasteiger partial charge on any atom is -0.349 e. The molecule has 94 valence electrons. The first kappa shape index (κ1) is 11.2. The maximum atomic E-state index is 11.8. The topological polar surface area (TPSA) is 71.1 Å². The number of pyridine rings is 1. The van der Waals surface area contributed by atoms with E-state index >= 15 is 0 Å². The summed E-state index contributed by atoms with van der Waals surface area (Å²) >= 11 is 0. The molecule has 2 saturated carbocycles. The Balaban J connectivity index is 1.70. The second-order valence-corrected chi connectivity index (χ2v) is 4.93. The summed E-state index contributed by atoms with van der Waals surface area (Å²) in [7, 11) is 0. The number of amides is 2. The third-order valence-electron chi connectivity index (χ3n) is 3.08. The number of hydrogen-bond donors (Lipinski definition) is 2. The molecular weight excluding hydrogens is 230 g/mol. The van der Waals surface area contributed by atoms with Crippen LogP contribution in [0.2, 0.25) is 0 Å². The number of nitrogens with zero attached hydrogens (tertiary/aromatic N) is 1. The number of rotatable bonds is 4. The van der Waals surface area contributed by atoms with E-state index in [9.17, 15) is 9.59 Å². The standard InChI is InChI=1S/C13H15N3O2/c17-12(15-9-1-2-9)8-5-6-14-11(7-8)13(18)16-10-3-4-10/h5-7,9-10H,1-4H2,(H,15,17)(H,16,18). The average Bonchev–Trinajstić information content (AvgIpc) is 3.25. The van der Waals surface area contributed by atoms with Crippen molar-refractivity contribution in [1.82, 2.24) is 15.6 Å². The minimum atomic E-state index is -0.196. The van der Waals surface area contributed by atoms with Gasteiger partial charge in [-0.25, -0.2) is 0 Å². The van der Waals surface area contributed by atoms with E-state index < -0.39 is 0 Å². The molecule has 1 heterocycles. The summed E-state index contributed by atoms with van der Waals surface area (Å²) in [5.41, 5.74) is 0.809. The molecule has 0 aliphatic heterocycles. The molecule has 1 aromatic heterocycles. The molecule has 0 atom stereocenters. The van der Waals surface area contributed by atoms with Gasteiger partial charge >= 0.3 is 0 Å². The molecule has 0 saturated heterocycles. The lowest BCUT2D eigenvalue weighted by atomic mass is 10.2. The highest BCUT2D eigenvalue weighted by atomic mass is 16.2. The lowest BCUT2D eigenvalue weighted by molar-refractivity contribution is 0.0946. The molecule has 0 spiro atoms. The van der Waals surface area contributed by atoms with E-state index in [2.05, 4.69) is 15.6 Å². The van der Waals surface area contributed by atoms with Crippen LogP contribution < -0.4 is 10.6 Å². The molecule has 2 fully saturated rings. The second-order valence-electron chi connectivity index (χ2n) is 4.93. The molecule has 18 heavy (non-hydrogen) atoms. The molecule has 2 aliphatic carbocycles. The SMILES string of the molecule is O=C(NC1CC1)c1ccnc(C(=O)NC2CC2)c1. The molecule has 0 unspecified atom stereocenters. The van der Waals surface area contributed by atoms with Crippen molar-refractivity contribution >= 4 is 11.8 Å². The Labute approximate surface area is 105 Å². The van der Waals surface area contributed by atoms with Gasteiger partial charge in [-0.2, -0.15) is 0 Å². The molecular formula is C13H15N3O2. The van der Waals surface area contributed by atoms with Crippen molar-refractivity contribution in [3.8, 4) is 0 Å². The molecule has 5 nitrogen and oxygen atoms in total. The van der Waals surface area contributed by atoms with Crippen molar-refractivity contribution in [3.05, 3.63) is 29.6 Å². The van der Waals surface area contributed by atoms with Crippen LogP contribution in [-0.4, -0.2) is 28.9 Å². The minimum absolute atomic E-state index is 0.125. The first-order valence-electron chi connectivity index (χ1n) is 6.30. The number of hydrogen-bond acceptors (Lipinski definition) is 3. The molecule has 3 rings (SSSR count). The zero-order chi connectivity index (χ0) is 12.5. The molecule has 5 heteroatoms. The van der Waals surface area contributed by atoms with Gasteiger partial charge in [-0.1, -0.05) is 0 Å².